The molecule has 0 N–H and O–H groups in total. The number of fused-ring (bicyclic) bond motifs is 3. The van der Waals surface area contributed by atoms with Crippen molar-refractivity contribution in [3.63, 3.8) is 0 Å². The minimum atomic E-state index is -0.566. The van der Waals surface area contributed by atoms with Gasteiger partial charge in [-0.05, 0) is 67.1 Å². The summed E-state index contributed by atoms with van der Waals surface area (Å²) in [6, 6.07) is 21.9. The van der Waals surface area contributed by atoms with Gasteiger partial charge in [0.05, 0.1) is 28.6 Å². The summed E-state index contributed by atoms with van der Waals surface area (Å²) in [6.45, 7) is 2.10. The highest BCUT2D eigenvalue weighted by atomic mass is 35.5. The van der Waals surface area contributed by atoms with Gasteiger partial charge in [-0.3, -0.25) is 14.9 Å². The fourth-order valence-electron chi connectivity index (χ4n) is 5.05. The van der Waals surface area contributed by atoms with Crippen LogP contribution in [0.25, 0.3) is 33.5 Å². The zero-order chi connectivity index (χ0) is 31.8. The lowest BCUT2D eigenvalue weighted by molar-refractivity contribution is -0.386. The Labute approximate surface area is 265 Å². The van der Waals surface area contributed by atoms with Crippen molar-refractivity contribution >= 4 is 45.4 Å². The second-order valence-electron chi connectivity index (χ2n) is 10.1. The van der Waals surface area contributed by atoms with E-state index in [1.165, 1.54) is 12.3 Å². The minimum absolute atomic E-state index is 0.00914. The Bertz CT molecular complexity index is 2240. The van der Waals surface area contributed by atoms with E-state index in [-0.39, 0.29) is 54.3 Å². The first-order valence-corrected chi connectivity index (χ1v) is 14.5. The number of nitro groups is 1. The van der Waals surface area contributed by atoms with Crippen molar-refractivity contribution in [3.05, 3.63) is 115 Å². The van der Waals surface area contributed by atoms with Crippen LogP contribution in [0.5, 0.6) is 23.0 Å². The molecule has 3 heterocycles. The molecule has 0 saturated heterocycles. The largest absolute Gasteiger partial charge is 0.490 e. The molecular weight excluding hydrogens is 616 g/mol. The van der Waals surface area contributed by atoms with E-state index in [9.17, 15) is 14.9 Å². The third-order valence-corrected chi connectivity index (χ3v) is 7.38. The fraction of sp³-hybridized carbons (Fsp3) is 0.121. The van der Waals surface area contributed by atoms with Gasteiger partial charge in [0.2, 0.25) is 18.4 Å². The highest BCUT2D eigenvalue weighted by Gasteiger charge is 2.24. The predicted molar refractivity (Wildman–Crippen MR) is 170 cm³/mol. The highest BCUT2D eigenvalue weighted by Crippen LogP contribution is 2.40. The van der Waals surface area contributed by atoms with Gasteiger partial charge < -0.3 is 23.4 Å². The quantitative estimate of drug-likeness (QED) is 0.0933. The molecule has 0 bridgehead atoms. The van der Waals surface area contributed by atoms with E-state index in [0.717, 1.165) is 10.2 Å². The molecule has 2 aromatic heterocycles. The van der Waals surface area contributed by atoms with E-state index in [1.54, 1.807) is 79.7 Å². The molecule has 1 aliphatic rings. The van der Waals surface area contributed by atoms with Gasteiger partial charge in [-0.15, -0.1) is 0 Å². The topological polar surface area (TPSA) is 140 Å². The molecule has 13 heteroatoms. The zero-order valence-electron chi connectivity index (χ0n) is 24.1. The Morgan fingerprint density at radius 1 is 1.04 bits per heavy atom. The molecule has 0 unspecified atom stereocenters. The molecule has 0 amide bonds. The van der Waals surface area contributed by atoms with Crippen molar-refractivity contribution in [2.75, 3.05) is 13.4 Å². The third-order valence-electron chi connectivity index (χ3n) is 7.15. The van der Waals surface area contributed by atoms with E-state index in [4.69, 9.17) is 35.0 Å². The molecule has 0 spiro atoms. The Morgan fingerprint density at radius 3 is 2.74 bits per heavy atom. The number of rotatable bonds is 9. The van der Waals surface area contributed by atoms with Crippen LogP contribution in [0.4, 0.5) is 5.69 Å². The summed E-state index contributed by atoms with van der Waals surface area (Å²) in [7, 11) is 0. The first-order valence-electron chi connectivity index (χ1n) is 14.1. The Hall–Kier alpha value is -5.88. The maximum atomic E-state index is 13.7. The predicted octanol–water partition coefficient (Wildman–Crippen LogP) is 6.96. The summed E-state index contributed by atoms with van der Waals surface area (Å²) < 4.78 is 29.6. The molecule has 46 heavy (non-hydrogen) atoms. The molecule has 0 saturated carbocycles. The number of nitro benzene ring substituents is 1. The van der Waals surface area contributed by atoms with Crippen LogP contribution in [0.3, 0.4) is 0 Å². The minimum Gasteiger partial charge on any atom is -0.490 e. The zero-order valence-corrected chi connectivity index (χ0v) is 24.9. The SMILES string of the molecule is CCOc1cc(C=Nn2c(-c3cc4cc(Cl)ccc4o3)nc3ccccc3c2=O)cc([N+](=O)[O-])c1OCc1ccc2c(c1)OCO2. The van der Waals surface area contributed by atoms with E-state index < -0.39 is 10.5 Å². The average Bonchev–Trinajstić information content (AvgIpc) is 3.70. The molecule has 230 valence electrons. The van der Waals surface area contributed by atoms with Crippen molar-refractivity contribution < 1.29 is 28.3 Å². The van der Waals surface area contributed by atoms with Crippen molar-refractivity contribution in [2.24, 2.45) is 5.10 Å². The maximum absolute atomic E-state index is 13.7. The fourth-order valence-corrected chi connectivity index (χ4v) is 5.23. The number of benzene rings is 4. The van der Waals surface area contributed by atoms with Crippen LogP contribution in [0.2, 0.25) is 5.02 Å². The summed E-state index contributed by atoms with van der Waals surface area (Å²) >= 11 is 6.17. The Kier molecular flexibility index (Phi) is 7.47. The second kappa shape index (κ2) is 11.9. The normalized spacial score (nSPS) is 12.3. The first-order chi connectivity index (χ1) is 22.4. The van der Waals surface area contributed by atoms with Gasteiger partial charge in [-0.1, -0.05) is 29.8 Å². The van der Waals surface area contributed by atoms with E-state index in [0.29, 0.717) is 38.4 Å². The van der Waals surface area contributed by atoms with Crippen LogP contribution < -0.4 is 24.5 Å². The lowest BCUT2D eigenvalue weighted by atomic mass is 10.1. The van der Waals surface area contributed by atoms with Crippen LogP contribution in [-0.2, 0) is 6.61 Å². The molecule has 6 aromatic rings. The summed E-state index contributed by atoms with van der Waals surface area (Å²) in [6.07, 6.45) is 1.32. The molecule has 0 atom stereocenters. The van der Waals surface area contributed by atoms with Crippen molar-refractivity contribution in [1.82, 2.24) is 9.66 Å². The second-order valence-corrected chi connectivity index (χ2v) is 10.6. The number of aromatic nitrogens is 2. The number of hydrogen-bond donors (Lipinski definition) is 0. The molecule has 0 aliphatic carbocycles. The Balaban J connectivity index is 1.29. The van der Waals surface area contributed by atoms with Crippen LogP contribution in [0.1, 0.15) is 18.1 Å². The molecular formula is C33H23ClN4O8. The maximum Gasteiger partial charge on any atom is 0.315 e. The molecule has 1 aliphatic heterocycles. The van der Waals surface area contributed by atoms with Gasteiger partial charge in [0.15, 0.2) is 23.0 Å². The molecule has 7 rings (SSSR count). The molecule has 12 nitrogen and oxygen atoms in total. The smallest absolute Gasteiger partial charge is 0.315 e. The first kappa shape index (κ1) is 28.9. The van der Waals surface area contributed by atoms with E-state index >= 15 is 0 Å². The number of halogens is 1. The van der Waals surface area contributed by atoms with Gasteiger partial charge in [0.25, 0.3) is 5.56 Å². The van der Waals surface area contributed by atoms with E-state index in [2.05, 4.69) is 10.1 Å². The van der Waals surface area contributed by atoms with Crippen LogP contribution >= 0.6 is 11.6 Å². The number of furan rings is 1. The summed E-state index contributed by atoms with van der Waals surface area (Å²) in [4.78, 5) is 30.0. The number of para-hydroxylation sites is 1. The van der Waals surface area contributed by atoms with Gasteiger partial charge in [-0.25, -0.2) is 4.98 Å². The van der Waals surface area contributed by atoms with Crippen molar-refractivity contribution in [2.45, 2.75) is 13.5 Å². The Morgan fingerprint density at radius 2 is 1.89 bits per heavy atom. The summed E-state index contributed by atoms with van der Waals surface area (Å²) in [5.74, 6) is 1.68. The monoisotopic (exact) mass is 638 g/mol. The van der Waals surface area contributed by atoms with Gasteiger partial charge in [0.1, 0.15) is 12.2 Å². The average molecular weight is 639 g/mol. The number of nitrogens with zero attached hydrogens (tertiary/aromatic N) is 4. The highest BCUT2D eigenvalue weighted by molar-refractivity contribution is 6.31. The van der Waals surface area contributed by atoms with Crippen molar-refractivity contribution in [1.29, 1.82) is 0 Å². The van der Waals surface area contributed by atoms with Gasteiger partial charge in [0, 0.05) is 22.0 Å². The van der Waals surface area contributed by atoms with Crippen LogP contribution in [-0.4, -0.2) is 34.2 Å². The summed E-state index contributed by atoms with van der Waals surface area (Å²) in [5.41, 5.74) is 1.20. The van der Waals surface area contributed by atoms with Crippen molar-refractivity contribution in [3.8, 4) is 34.6 Å². The standard InChI is InChI=1S/C33H23ClN4O8/c1-2-42-29-13-20(11-25(38(40)41)31(29)43-17-19-7-9-27-28(12-19)45-18-44-27)16-35-37-32(36-24-6-4-3-5-23(24)33(37)39)30-15-21-14-22(34)8-10-26(21)46-30/h3-16H,2,17-18H2,1H3. The lowest BCUT2D eigenvalue weighted by Crippen LogP contribution is -2.20. The van der Waals surface area contributed by atoms with E-state index in [1.807, 2.05) is 0 Å². The molecule has 4 aromatic carbocycles. The van der Waals surface area contributed by atoms with Crippen LogP contribution in [0.15, 0.2) is 93.2 Å². The summed E-state index contributed by atoms with van der Waals surface area (Å²) in [5, 5.41) is 18.2. The third kappa shape index (κ3) is 5.46. The van der Waals surface area contributed by atoms with Crippen LogP contribution in [0, 0.1) is 10.1 Å². The van der Waals surface area contributed by atoms with Gasteiger partial charge >= 0.3 is 5.69 Å². The van der Waals surface area contributed by atoms with Gasteiger partial charge in [-0.2, -0.15) is 9.78 Å². The molecule has 0 radical (unpaired) electrons. The lowest BCUT2D eigenvalue weighted by Gasteiger charge is -2.13. The number of ether oxygens (including phenoxy) is 4. The number of hydrogen-bond acceptors (Lipinski definition) is 10. The molecule has 0 fully saturated rings.